The number of nitrogens with zero attached hydrogens (tertiary/aromatic N) is 1. The second kappa shape index (κ2) is 6.67. The summed E-state index contributed by atoms with van der Waals surface area (Å²) < 4.78 is 31.8. The lowest BCUT2D eigenvalue weighted by atomic mass is 10.2. The molecule has 7 nitrogen and oxygen atoms in total. The van der Waals surface area contributed by atoms with E-state index in [1.807, 2.05) is 13.8 Å². The van der Waals surface area contributed by atoms with Crippen LogP contribution in [0.1, 0.15) is 26.7 Å². The van der Waals surface area contributed by atoms with E-state index >= 15 is 0 Å². The molecule has 0 aromatic heterocycles. The van der Waals surface area contributed by atoms with Crippen molar-refractivity contribution in [2.24, 2.45) is 0 Å². The number of sulfonamides is 1. The highest BCUT2D eigenvalue weighted by molar-refractivity contribution is 7.89. The SMILES string of the molecule is CCC(CC)NS(=O)(=O)c1ccc(OC)cc1[N+](=O)[O-]. The number of hydrogen-bond acceptors (Lipinski definition) is 5. The first-order valence-corrected chi connectivity index (χ1v) is 7.68. The molecule has 0 aliphatic heterocycles. The monoisotopic (exact) mass is 302 g/mol. The van der Waals surface area contributed by atoms with E-state index in [1.165, 1.54) is 19.2 Å². The van der Waals surface area contributed by atoms with Crippen LogP contribution in [0.2, 0.25) is 0 Å². The first-order chi connectivity index (χ1) is 9.35. The molecule has 0 amide bonds. The van der Waals surface area contributed by atoms with Gasteiger partial charge in [-0.3, -0.25) is 10.1 Å². The quantitative estimate of drug-likeness (QED) is 0.614. The number of hydrogen-bond donors (Lipinski definition) is 1. The van der Waals surface area contributed by atoms with E-state index < -0.39 is 20.6 Å². The fourth-order valence-electron chi connectivity index (χ4n) is 1.73. The zero-order chi connectivity index (χ0) is 15.3. The van der Waals surface area contributed by atoms with E-state index in [0.717, 1.165) is 6.07 Å². The minimum Gasteiger partial charge on any atom is -0.497 e. The Morgan fingerprint density at radius 3 is 2.40 bits per heavy atom. The number of benzene rings is 1. The molecule has 1 rings (SSSR count). The van der Waals surface area contributed by atoms with Crippen LogP contribution >= 0.6 is 0 Å². The maximum atomic E-state index is 12.2. The average Bonchev–Trinajstić information content (AvgIpc) is 2.43. The summed E-state index contributed by atoms with van der Waals surface area (Å²) in [6.45, 7) is 3.69. The van der Waals surface area contributed by atoms with Gasteiger partial charge < -0.3 is 4.74 Å². The number of nitro groups is 1. The summed E-state index contributed by atoms with van der Waals surface area (Å²) in [4.78, 5) is 9.94. The highest BCUT2D eigenvalue weighted by atomic mass is 32.2. The van der Waals surface area contributed by atoms with Crippen molar-refractivity contribution in [1.29, 1.82) is 0 Å². The summed E-state index contributed by atoms with van der Waals surface area (Å²) in [7, 11) is -2.57. The molecule has 0 unspecified atom stereocenters. The molecule has 0 fully saturated rings. The van der Waals surface area contributed by atoms with E-state index in [9.17, 15) is 18.5 Å². The minimum absolute atomic E-state index is 0.234. The fraction of sp³-hybridized carbons (Fsp3) is 0.500. The van der Waals surface area contributed by atoms with Gasteiger partial charge in [0, 0.05) is 6.04 Å². The summed E-state index contributed by atoms with van der Waals surface area (Å²) in [5.74, 6) is 0.234. The number of nitrogens with one attached hydrogen (secondary N) is 1. The van der Waals surface area contributed by atoms with Crippen LogP contribution in [0, 0.1) is 10.1 Å². The van der Waals surface area contributed by atoms with Gasteiger partial charge in [-0.05, 0) is 25.0 Å². The topological polar surface area (TPSA) is 98.5 Å². The molecule has 0 atom stereocenters. The lowest BCUT2D eigenvalue weighted by Gasteiger charge is -2.15. The number of rotatable bonds is 7. The predicted molar refractivity (Wildman–Crippen MR) is 74.3 cm³/mol. The third kappa shape index (κ3) is 3.67. The maximum absolute atomic E-state index is 12.2. The molecule has 1 N–H and O–H groups in total. The highest BCUT2D eigenvalue weighted by Gasteiger charge is 2.27. The second-order valence-corrected chi connectivity index (χ2v) is 5.91. The van der Waals surface area contributed by atoms with Crippen molar-refractivity contribution in [2.75, 3.05) is 7.11 Å². The molecule has 0 aliphatic carbocycles. The van der Waals surface area contributed by atoms with Crippen molar-refractivity contribution in [3.63, 3.8) is 0 Å². The second-order valence-electron chi connectivity index (χ2n) is 4.23. The lowest BCUT2D eigenvalue weighted by molar-refractivity contribution is -0.387. The molecule has 0 heterocycles. The normalized spacial score (nSPS) is 11.6. The Kier molecular flexibility index (Phi) is 5.46. The highest BCUT2D eigenvalue weighted by Crippen LogP contribution is 2.28. The Morgan fingerprint density at radius 1 is 1.35 bits per heavy atom. The molecule has 8 heteroatoms. The summed E-state index contributed by atoms with van der Waals surface area (Å²) in [5, 5.41) is 11.0. The Labute approximate surface area is 118 Å². The zero-order valence-electron chi connectivity index (χ0n) is 11.6. The van der Waals surface area contributed by atoms with Crippen molar-refractivity contribution in [3.05, 3.63) is 28.3 Å². The van der Waals surface area contributed by atoms with Gasteiger partial charge in [-0.15, -0.1) is 0 Å². The van der Waals surface area contributed by atoms with Crippen molar-refractivity contribution in [3.8, 4) is 5.75 Å². The van der Waals surface area contributed by atoms with Gasteiger partial charge in [0.1, 0.15) is 5.75 Å². The van der Waals surface area contributed by atoms with Crippen LogP contribution < -0.4 is 9.46 Å². The molecular weight excluding hydrogens is 284 g/mol. The Balaban J connectivity index is 3.27. The van der Waals surface area contributed by atoms with Gasteiger partial charge in [0.2, 0.25) is 10.0 Å². The number of methoxy groups -OCH3 is 1. The molecule has 0 saturated heterocycles. The van der Waals surface area contributed by atoms with Gasteiger partial charge in [0.05, 0.1) is 18.1 Å². The fourth-order valence-corrected chi connectivity index (χ4v) is 3.29. The van der Waals surface area contributed by atoms with Gasteiger partial charge in [-0.25, -0.2) is 13.1 Å². The van der Waals surface area contributed by atoms with Crippen LogP contribution in [-0.4, -0.2) is 26.5 Å². The van der Waals surface area contributed by atoms with Gasteiger partial charge in [0.15, 0.2) is 4.90 Å². The van der Waals surface area contributed by atoms with Crippen LogP contribution in [0.4, 0.5) is 5.69 Å². The average molecular weight is 302 g/mol. The van der Waals surface area contributed by atoms with Crippen molar-refractivity contribution >= 4 is 15.7 Å². The van der Waals surface area contributed by atoms with E-state index in [-0.39, 0.29) is 16.7 Å². The van der Waals surface area contributed by atoms with Crippen LogP contribution in [-0.2, 0) is 10.0 Å². The maximum Gasteiger partial charge on any atom is 0.293 e. The van der Waals surface area contributed by atoms with Gasteiger partial charge in [-0.2, -0.15) is 0 Å². The Morgan fingerprint density at radius 2 is 1.95 bits per heavy atom. The molecule has 112 valence electrons. The molecule has 1 aromatic rings. The molecule has 0 spiro atoms. The lowest BCUT2D eigenvalue weighted by Crippen LogP contribution is -2.34. The van der Waals surface area contributed by atoms with Crippen molar-refractivity contribution in [1.82, 2.24) is 4.72 Å². The van der Waals surface area contributed by atoms with E-state index in [1.54, 1.807) is 0 Å². The van der Waals surface area contributed by atoms with Gasteiger partial charge in [0.25, 0.3) is 5.69 Å². The summed E-state index contributed by atoms with van der Waals surface area (Å²) in [6.07, 6.45) is 1.22. The zero-order valence-corrected chi connectivity index (χ0v) is 12.4. The van der Waals surface area contributed by atoms with Crippen molar-refractivity contribution < 1.29 is 18.1 Å². The smallest absolute Gasteiger partial charge is 0.293 e. The molecule has 1 aromatic carbocycles. The Hall–Kier alpha value is -1.67. The predicted octanol–water partition coefficient (Wildman–Crippen LogP) is 2.07. The first kappa shape index (κ1) is 16.4. The van der Waals surface area contributed by atoms with E-state index in [0.29, 0.717) is 12.8 Å². The van der Waals surface area contributed by atoms with Gasteiger partial charge >= 0.3 is 0 Å². The third-order valence-electron chi connectivity index (χ3n) is 2.96. The summed E-state index contributed by atoms with van der Waals surface area (Å²) >= 11 is 0. The molecule has 0 aliphatic rings. The van der Waals surface area contributed by atoms with E-state index in [4.69, 9.17) is 4.74 Å². The third-order valence-corrected chi connectivity index (χ3v) is 4.53. The van der Waals surface area contributed by atoms with E-state index in [2.05, 4.69) is 4.72 Å². The van der Waals surface area contributed by atoms with Crippen LogP contribution in [0.15, 0.2) is 23.1 Å². The Bertz CT molecular complexity index is 582. The summed E-state index contributed by atoms with van der Waals surface area (Å²) in [5.41, 5.74) is -0.497. The number of ether oxygens (including phenoxy) is 1. The van der Waals surface area contributed by atoms with Crippen LogP contribution in [0.5, 0.6) is 5.75 Å². The largest absolute Gasteiger partial charge is 0.497 e. The molecule has 0 radical (unpaired) electrons. The molecule has 20 heavy (non-hydrogen) atoms. The first-order valence-electron chi connectivity index (χ1n) is 6.20. The molecular formula is C12H18N2O5S. The van der Waals surface area contributed by atoms with Gasteiger partial charge in [-0.1, -0.05) is 13.8 Å². The number of nitro benzene ring substituents is 1. The minimum atomic E-state index is -3.93. The van der Waals surface area contributed by atoms with Crippen molar-refractivity contribution in [2.45, 2.75) is 37.6 Å². The summed E-state index contributed by atoms with van der Waals surface area (Å²) in [6, 6.07) is 3.42. The van der Waals surface area contributed by atoms with Crippen LogP contribution in [0.25, 0.3) is 0 Å². The molecule has 0 bridgehead atoms. The molecule has 0 saturated carbocycles. The van der Waals surface area contributed by atoms with Crippen LogP contribution in [0.3, 0.4) is 0 Å². The standard InChI is InChI=1S/C12H18N2O5S/c1-4-9(5-2)13-20(17,18)12-7-6-10(19-3)8-11(12)14(15)16/h6-9,13H,4-5H2,1-3H3.